The minimum Gasteiger partial charge on any atom is -0.363 e. The lowest BCUT2D eigenvalue weighted by atomic mass is 9.96. The fourth-order valence-electron chi connectivity index (χ4n) is 3.91. The summed E-state index contributed by atoms with van der Waals surface area (Å²) in [5, 5.41) is 4.07. The number of nitrogens with zero attached hydrogens (tertiary/aromatic N) is 3. The molecule has 2 aromatic heterocycles. The van der Waals surface area contributed by atoms with Gasteiger partial charge in [0.15, 0.2) is 0 Å². The number of amides is 1. The Kier molecular flexibility index (Phi) is 4.16. The van der Waals surface area contributed by atoms with Crippen molar-refractivity contribution in [2.24, 2.45) is 0 Å². The summed E-state index contributed by atoms with van der Waals surface area (Å²) in [5.74, 6) is 1.11. The van der Waals surface area contributed by atoms with Crippen LogP contribution in [0.2, 0.25) is 0 Å². The lowest BCUT2D eigenvalue weighted by Gasteiger charge is -2.31. The van der Waals surface area contributed by atoms with E-state index in [1.165, 1.54) is 6.26 Å². The second-order valence-corrected chi connectivity index (χ2v) is 7.17. The van der Waals surface area contributed by atoms with E-state index in [4.69, 9.17) is 9.51 Å². The van der Waals surface area contributed by atoms with Crippen LogP contribution in [0.1, 0.15) is 34.9 Å². The third-order valence-corrected chi connectivity index (χ3v) is 5.35. The van der Waals surface area contributed by atoms with Crippen molar-refractivity contribution in [2.45, 2.75) is 18.8 Å². The van der Waals surface area contributed by atoms with Crippen molar-refractivity contribution >= 4 is 16.9 Å². The largest absolute Gasteiger partial charge is 0.363 e. The molecular formula is C22H20N4O2. The number of hydrogen-bond acceptors (Lipinski definition) is 4. The van der Waals surface area contributed by atoms with E-state index in [1.807, 2.05) is 59.5 Å². The fraction of sp³-hybridized carbons (Fsp3) is 0.227. The van der Waals surface area contributed by atoms with Crippen LogP contribution in [0.15, 0.2) is 65.4 Å². The first-order chi connectivity index (χ1) is 13.8. The highest BCUT2D eigenvalue weighted by atomic mass is 16.5. The van der Waals surface area contributed by atoms with Crippen molar-refractivity contribution in [1.82, 2.24) is 20.0 Å². The average molecular weight is 372 g/mol. The highest BCUT2D eigenvalue weighted by Gasteiger charge is 2.29. The molecule has 1 atom stereocenters. The monoisotopic (exact) mass is 372 g/mol. The first-order valence-corrected chi connectivity index (χ1v) is 9.53. The summed E-state index contributed by atoms with van der Waals surface area (Å²) >= 11 is 0. The molecule has 6 nitrogen and oxygen atoms in total. The van der Waals surface area contributed by atoms with Crippen molar-refractivity contribution in [2.75, 3.05) is 13.1 Å². The van der Waals surface area contributed by atoms with Gasteiger partial charge in [0.1, 0.15) is 23.3 Å². The van der Waals surface area contributed by atoms with E-state index < -0.39 is 0 Å². The van der Waals surface area contributed by atoms with Gasteiger partial charge in [0, 0.05) is 24.6 Å². The minimum absolute atomic E-state index is 0.0408. The number of aromatic nitrogens is 3. The molecule has 1 aliphatic rings. The number of benzene rings is 2. The highest BCUT2D eigenvalue weighted by molar-refractivity contribution is 5.99. The number of carbonyl (C=O) groups excluding carboxylic acids is 1. The van der Waals surface area contributed by atoms with Crippen LogP contribution in [0.4, 0.5) is 0 Å². The van der Waals surface area contributed by atoms with Gasteiger partial charge in [0.05, 0.1) is 11.0 Å². The third-order valence-electron chi connectivity index (χ3n) is 5.35. The Morgan fingerprint density at radius 1 is 1.11 bits per heavy atom. The van der Waals surface area contributed by atoms with E-state index in [1.54, 1.807) is 0 Å². The maximum Gasteiger partial charge on any atom is 0.259 e. The molecule has 5 rings (SSSR count). The number of carbonyl (C=O) groups is 1. The summed E-state index contributed by atoms with van der Waals surface area (Å²) in [5.41, 5.74) is 3.98. The SMILES string of the molecule is O=C(c1conc1-c1ccccc1)N1CCCC(c2nc3ccccc3[nH]2)C1. The zero-order chi connectivity index (χ0) is 18.9. The molecule has 2 aromatic carbocycles. The molecule has 4 aromatic rings. The van der Waals surface area contributed by atoms with Gasteiger partial charge in [0.2, 0.25) is 0 Å². The van der Waals surface area contributed by atoms with Gasteiger partial charge in [-0.2, -0.15) is 0 Å². The summed E-state index contributed by atoms with van der Waals surface area (Å²) in [4.78, 5) is 23.2. The van der Waals surface area contributed by atoms with E-state index in [0.717, 1.165) is 41.8 Å². The molecule has 1 fully saturated rings. The summed E-state index contributed by atoms with van der Waals surface area (Å²) in [6.07, 6.45) is 3.41. The second-order valence-electron chi connectivity index (χ2n) is 7.17. The molecule has 6 heteroatoms. The number of nitrogens with one attached hydrogen (secondary N) is 1. The van der Waals surface area contributed by atoms with Gasteiger partial charge in [-0.15, -0.1) is 0 Å². The van der Waals surface area contributed by atoms with E-state index in [-0.39, 0.29) is 11.8 Å². The number of fused-ring (bicyclic) bond motifs is 1. The first-order valence-electron chi connectivity index (χ1n) is 9.53. The highest BCUT2D eigenvalue weighted by Crippen LogP contribution is 2.29. The van der Waals surface area contributed by atoms with Gasteiger partial charge in [0.25, 0.3) is 5.91 Å². The van der Waals surface area contributed by atoms with Gasteiger partial charge in [-0.25, -0.2) is 4.98 Å². The van der Waals surface area contributed by atoms with Crippen LogP contribution in [-0.2, 0) is 0 Å². The number of imidazole rings is 1. The zero-order valence-electron chi connectivity index (χ0n) is 15.3. The Morgan fingerprint density at radius 3 is 2.79 bits per heavy atom. The minimum atomic E-state index is -0.0408. The van der Waals surface area contributed by atoms with Crippen LogP contribution >= 0.6 is 0 Å². The molecule has 3 heterocycles. The normalized spacial score (nSPS) is 17.1. The van der Waals surface area contributed by atoms with E-state index in [0.29, 0.717) is 17.8 Å². The fourth-order valence-corrected chi connectivity index (χ4v) is 3.91. The predicted octanol–water partition coefficient (Wildman–Crippen LogP) is 4.24. The summed E-state index contributed by atoms with van der Waals surface area (Å²) < 4.78 is 5.15. The molecule has 1 aliphatic heterocycles. The Hall–Kier alpha value is -3.41. The van der Waals surface area contributed by atoms with Crippen LogP contribution in [0, 0.1) is 0 Å². The van der Waals surface area contributed by atoms with Crippen LogP contribution in [0.25, 0.3) is 22.3 Å². The van der Waals surface area contributed by atoms with Gasteiger partial charge in [-0.05, 0) is 25.0 Å². The summed E-state index contributed by atoms with van der Waals surface area (Å²) in [6.45, 7) is 1.37. The van der Waals surface area contributed by atoms with Crippen molar-refractivity contribution in [3.05, 3.63) is 72.2 Å². The lowest BCUT2D eigenvalue weighted by molar-refractivity contribution is 0.0705. The topological polar surface area (TPSA) is 75.0 Å². The van der Waals surface area contributed by atoms with Crippen molar-refractivity contribution < 1.29 is 9.32 Å². The van der Waals surface area contributed by atoms with E-state index in [9.17, 15) is 4.79 Å². The standard InChI is InChI=1S/C22H20N4O2/c27-22(17-14-28-25-20(17)15-7-2-1-3-8-15)26-12-6-9-16(13-26)21-23-18-10-4-5-11-19(18)24-21/h1-5,7-8,10-11,14,16H,6,9,12-13H2,(H,23,24). The molecule has 1 amide bonds. The maximum atomic E-state index is 13.2. The van der Waals surface area contributed by atoms with Crippen molar-refractivity contribution in [3.8, 4) is 11.3 Å². The molecular weight excluding hydrogens is 352 g/mol. The van der Waals surface area contributed by atoms with E-state index >= 15 is 0 Å². The predicted molar refractivity (Wildman–Crippen MR) is 106 cm³/mol. The molecule has 0 aliphatic carbocycles. The molecule has 0 spiro atoms. The lowest BCUT2D eigenvalue weighted by Crippen LogP contribution is -2.39. The Balaban J connectivity index is 1.40. The zero-order valence-corrected chi connectivity index (χ0v) is 15.3. The van der Waals surface area contributed by atoms with Crippen molar-refractivity contribution in [3.63, 3.8) is 0 Å². The quantitative estimate of drug-likeness (QED) is 0.584. The van der Waals surface area contributed by atoms with Crippen LogP contribution in [0.3, 0.4) is 0 Å². The van der Waals surface area contributed by atoms with Crippen LogP contribution < -0.4 is 0 Å². The molecule has 1 saturated heterocycles. The van der Waals surface area contributed by atoms with Crippen molar-refractivity contribution in [1.29, 1.82) is 0 Å². The molecule has 0 radical (unpaired) electrons. The molecule has 0 saturated carbocycles. The maximum absolute atomic E-state index is 13.2. The van der Waals surface area contributed by atoms with Crippen LogP contribution in [0.5, 0.6) is 0 Å². The summed E-state index contributed by atoms with van der Waals surface area (Å²) in [7, 11) is 0. The number of likely N-dealkylation sites (tertiary alicyclic amines) is 1. The smallest absolute Gasteiger partial charge is 0.259 e. The van der Waals surface area contributed by atoms with Crippen LogP contribution in [-0.4, -0.2) is 39.0 Å². The number of aromatic amines is 1. The number of piperidine rings is 1. The Labute approximate surface area is 162 Å². The number of H-pyrrole nitrogens is 1. The number of hydrogen-bond donors (Lipinski definition) is 1. The Bertz CT molecular complexity index is 1080. The van der Waals surface area contributed by atoms with Gasteiger partial charge >= 0.3 is 0 Å². The Morgan fingerprint density at radius 2 is 1.93 bits per heavy atom. The van der Waals surface area contributed by atoms with Gasteiger partial charge < -0.3 is 14.4 Å². The molecule has 0 bridgehead atoms. The van der Waals surface area contributed by atoms with E-state index in [2.05, 4.69) is 10.1 Å². The first kappa shape index (κ1) is 16.7. The van der Waals surface area contributed by atoms with Gasteiger partial charge in [-0.3, -0.25) is 4.79 Å². The molecule has 1 N–H and O–H groups in total. The number of rotatable bonds is 3. The molecule has 1 unspecified atom stereocenters. The number of para-hydroxylation sites is 2. The third kappa shape index (κ3) is 2.97. The molecule has 140 valence electrons. The average Bonchev–Trinajstić information content (AvgIpc) is 3.41. The van der Waals surface area contributed by atoms with Gasteiger partial charge in [-0.1, -0.05) is 47.6 Å². The second kappa shape index (κ2) is 6.96. The summed E-state index contributed by atoms with van der Waals surface area (Å²) in [6, 6.07) is 17.7. The molecule has 28 heavy (non-hydrogen) atoms.